The van der Waals surface area contributed by atoms with Crippen molar-refractivity contribution in [1.29, 1.82) is 0 Å². The smallest absolute Gasteiger partial charge is 0.0404 e. The predicted molar refractivity (Wildman–Crippen MR) is 164 cm³/mol. The van der Waals surface area contributed by atoms with Crippen LogP contribution in [0.4, 0.5) is 0 Å². The SMILES string of the molecule is N[C@@H](c1ccccc1)[C@H](c1ccccc1)P1Cc2ccc3ccccc3c2-c2c(ccc3ccccc23)C1. The highest BCUT2D eigenvalue weighted by Crippen LogP contribution is 2.63. The molecule has 0 saturated heterocycles. The molecule has 1 aliphatic heterocycles. The average molecular weight is 508 g/mol. The number of fused-ring (bicyclic) bond motifs is 7. The van der Waals surface area contributed by atoms with Crippen molar-refractivity contribution >= 4 is 29.5 Å². The molecule has 7 rings (SSSR count). The summed E-state index contributed by atoms with van der Waals surface area (Å²) in [6.07, 6.45) is 2.11. The molecule has 6 aromatic carbocycles. The minimum absolute atomic E-state index is 0.0596. The van der Waals surface area contributed by atoms with Gasteiger partial charge in [-0.2, -0.15) is 0 Å². The molecule has 0 saturated carbocycles. The van der Waals surface area contributed by atoms with Gasteiger partial charge in [-0.05, 0) is 67.2 Å². The summed E-state index contributed by atoms with van der Waals surface area (Å²) in [5, 5.41) is 5.31. The lowest BCUT2D eigenvalue weighted by molar-refractivity contribution is 0.693. The zero-order valence-electron chi connectivity index (χ0n) is 21.3. The van der Waals surface area contributed by atoms with E-state index in [-0.39, 0.29) is 11.7 Å². The van der Waals surface area contributed by atoms with Crippen LogP contribution in [-0.2, 0) is 12.3 Å². The molecule has 184 valence electrons. The third-order valence-electron chi connectivity index (χ3n) is 8.09. The quantitative estimate of drug-likeness (QED) is 0.236. The molecule has 1 heterocycles. The van der Waals surface area contributed by atoms with Crippen LogP contribution in [0.2, 0.25) is 0 Å². The Bertz CT molecular complexity index is 1660. The molecule has 6 aromatic rings. The Morgan fingerprint density at radius 3 is 1.45 bits per heavy atom. The Hall–Kier alpha value is -3.77. The van der Waals surface area contributed by atoms with Gasteiger partial charge in [-0.15, -0.1) is 0 Å². The van der Waals surface area contributed by atoms with Gasteiger partial charge in [0.25, 0.3) is 0 Å². The monoisotopic (exact) mass is 507 g/mol. The number of benzene rings is 6. The second-order valence-electron chi connectivity index (χ2n) is 10.3. The van der Waals surface area contributed by atoms with E-state index in [1.165, 1.54) is 54.9 Å². The van der Waals surface area contributed by atoms with Crippen LogP contribution in [0.15, 0.2) is 133 Å². The fraction of sp³-hybridized carbons (Fsp3) is 0.111. The van der Waals surface area contributed by atoms with E-state index in [0.29, 0.717) is 0 Å². The first-order chi connectivity index (χ1) is 18.8. The van der Waals surface area contributed by atoms with Crippen molar-refractivity contribution < 1.29 is 0 Å². The van der Waals surface area contributed by atoms with E-state index in [1.54, 1.807) is 0 Å². The van der Waals surface area contributed by atoms with Crippen LogP contribution in [0.3, 0.4) is 0 Å². The number of hydrogen-bond donors (Lipinski definition) is 1. The summed E-state index contributed by atoms with van der Waals surface area (Å²) in [4.78, 5) is 0. The van der Waals surface area contributed by atoms with Crippen LogP contribution in [-0.4, -0.2) is 0 Å². The molecule has 0 aromatic heterocycles. The molecule has 2 atom stereocenters. The minimum Gasteiger partial charge on any atom is -0.323 e. The van der Waals surface area contributed by atoms with Gasteiger partial charge in [-0.3, -0.25) is 0 Å². The average Bonchev–Trinajstić information content (AvgIpc) is 3.15. The third-order valence-corrected chi connectivity index (χ3v) is 11.0. The van der Waals surface area contributed by atoms with Gasteiger partial charge < -0.3 is 5.73 Å². The zero-order chi connectivity index (χ0) is 25.5. The van der Waals surface area contributed by atoms with Crippen LogP contribution in [0, 0.1) is 0 Å². The van der Waals surface area contributed by atoms with E-state index in [9.17, 15) is 0 Å². The number of hydrogen-bond acceptors (Lipinski definition) is 1. The maximum atomic E-state index is 7.19. The van der Waals surface area contributed by atoms with Gasteiger partial charge in [0, 0.05) is 11.7 Å². The molecule has 1 aliphatic rings. The molecular formula is C36H30NP. The zero-order valence-corrected chi connectivity index (χ0v) is 22.2. The highest BCUT2D eigenvalue weighted by atomic mass is 31.1. The van der Waals surface area contributed by atoms with Crippen molar-refractivity contribution in [3.63, 3.8) is 0 Å². The molecule has 0 spiro atoms. The van der Waals surface area contributed by atoms with Gasteiger partial charge >= 0.3 is 0 Å². The molecule has 0 fully saturated rings. The highest BCUT2D eigenvalue weighted by Gasteiger charge is 2.33. The summed E-state index contributed by atoms with van der Waals surface area (Å²) in [5.74, 6) is 0. The Morgan fingerprint density at radius 1 is 0.474 bits per heavy atom. The van der Waals surface area contributed by atoms with Gasteiger partial charge in [0.2, 0.25) is 0 Å². The second kappa shape index (κ2) is 9.84. The molecular weight excluding hydrogens is 477 g/mol. The van der Waals surface area contributed by atoms with Crippen LogP contribution in [0.1, 0.15) is 34.0 Å². The fourth-order valence-corrected chi connectivity index (χ4v) is 9.46. The lowest BCUT2D eigenvalue weighted by Crippen LogP contribution is -2.20. The number of rotatable bonds is 4. The maximum absolute atomic E-state index is 7.19. The normalized spacial score (nSPS) is 15.0. The minimum atomic E-state index is -0.510. The molecule has 0 radical (unpaired) electrons. The third kappa shape index (κ3) is 4.04. The van der Waals surface area contributed by atoms with Gasteiger partial charge in [0.1, 0.15) is 0 Å². The molecule has 0 aliphatic carbocycles. The molecule has 0 bridgehead atoms. The lowest BCUT2D eigenvalue weighted by Gasteiger charge is -2.33. The Kier molecular flexibility index (Phi) is 6.05. The maximum Gasteiger partial charge on any atom is 0.0404 e. The van der Waals surface area contributed by atoms with Gasteiger partial charge in [0.05, 0.1) is 0 Å². The van der Waals surface area contributed by atoms with Crippen molar-refractivity contribution in [2.75, 3.05) is 0 Å². The second-order valence-corrected chi connectivity index (χ2v) is 12.7. The Labute approximate surface area is 225 Å². The summed E-state index contributed by atoms with van der Waals surface area (Å²) in [6, 6.07) is 48.8. The van der Waals surface area contributed by atoms with Crippen LogP contribution in [0.25, 0.3) is 32.7 Å². The largest absolute Gasteiger partial charge is 0.323 e. The summed E-state index contributed by atoms with van der Waals surface area (Å²) >= 11 is 0. The van der Waals surface area contributed by atoms with Gasteiger partial charge in [0.15, 0.2) is 0 Å². The Balaban J connectivity index is 1.48. The van der Waals surface area contributed by atoms with Crippen molar-refractivity contribution in [2.24, 2.45) is 5.73 Å². The van der Waals surface area contributed by atoms with Crippen molar-refractivity contribution in [3.05, 3.63) is 156 Å². The summed E-state index contributed by atoms with van der Waals surface area (Å²) in [6.45, 7) is 0. The molecule has 2 N–H and O–H groups in total. The highest BCUT2D eigenvalue weighted by molar-refractivity contribution is 7.56. The predicted octanol–water partition coefficient (Wildman–Crippen LogP) is 9.60. The van der Waals surface area contributed by atoms with Crippen molar-refractivity contribution in [3.8, 4) is 11.1 Å². The van der Waals surface area contributed by atoms with Gasteiger partial charge in [-0.25, -0.2) is 0 Å². The summed E-state index contributed by atoms with van der Waals surface area (Å²) in [5.41, 5.74) is 15.7. The van der Waals surface area contributed by atoms with E-state index in [2.05, 4.69) is 133 Å². The van der Waals surface area contributed by atoms with E-state index in [0.717, 1.165) is 12.3 Å². The van der Waals surface area contributed by atoms with E-state index < -0.39 is 7.92 Å². The van der Waals surface area contributed by atoms with Crippen LogP contribution >= 0.6 is 7.92 Å². The molecule has 1 nitrogen and oxygen atoms in total. The van der Waals surface area contributed by atoms with Crippen LogP contribution < -0.4 is 5.73 Å². The molecule has 0 amide bonds. The first-order valence-corrected chi connectivity index (χ1v) is 15.2. The lowest BCUT2D eigenvalue weighted by atomic mass is 9.88. The first-order valence-electron chi connectivity index (χ1n) is 13.4. The van der Waals surface area contributed by atoms with E-state index >= 15 is 0 Å². The van der Waals surface area contributed by atoms with Gasteiger partial charge in [-0.1, -0.05) is 141 Å². The first kappa shape index (κ1) is 23.4. The summed E-state index contributed by atoms with van der Waals surface area (Å²) in [7, 11) is -0.510. The van der Waals surface area contributed by atoms with E-state index in [1.807, 2.05) is 0 Å². The molecule has 0 unspecified atom stereocenters. The van der Waals surface area contributed by atoms with Crippen LogP contribution in [0.5, 0.6) is 0 Å². The topological polar surface area (TPSA) is 26.0 Å². The standard InChI is InChI=1S/C36H30NP/c37-35(27-13-3-1-4-14-27)36(28-15-5-2-6-16-28)38-23-29-21-19-25-11-7-9-17-31(25)33(29)34-30(24-38)22-20-26-12-8-10-18-32(26)34/h1-22,35-36H,23-24,37H2/t35-,36-/m0/s1. The van der Waals surface area contributed by atoms with Crippen molar-refractivity contribution in [2.45, 2.75) is 24.0 Å². The van der Waals surface area contributed by atoms with E-state index in [4.69, 9.17) is 5.73 Å². The Morgan fingerprint density at radius 2 is 0.921 bits per heavy atom. The van der Waals surface area contributed by atoms with Crippen molar-refractivity contribution in [1.82, 2.24) is 0 Å². The molecule has 38 heavy (non-hydrogen) atoms. The summed E-state index contributed by atoms with van der Waals surface area (Å²) < 4.78 is 0. The fourth-order valence-electron chi connectivity index (χ4n) is 6.33. The number of nitrogens with two attached hydrogens (primary N) is 1. The molecule has 2 heteroatoms.